The van der Waals surface area contributed by atoms with Crippen LogP contribution in [0.3, 0.4) is 0 Å². The van der Waals surface area contributed by atoms with Gasteiger partial charge in [-0.05, 0) is 80.7 Å². The summed E-state index contributed by atoms with van der Waals surface area (Å²) in [5.41, 5.74) is 4.79. The fraction of sp³-hybridized carbons (Fsp3) is 0.308. The summed E-state index contributed by atoms with van der Waals surface area (Å²) in [4.78, 5) is 29.7. The Morgan fingerprint density at radius 1 is 1.21 bits per heavy atom. The fourth-order valence-electron chi connectivity index (χ4n) is 4.30. The number of rotatable bonds is 8. The van der Waals surface area contributed by atoms with E-state index < -0.39 is 0 Å². The summed E-state index contributed by atoms with van der Waals surface area (Å²) in [5.74, 6) is 0.366. The number of imidazole rings is 1. The molecule has 3 N–H and O–H groups in total. The lowest BCUT2D eigenvalue weighted by molar-refractivity contribution is -0.111. The van der Waals surface area contributed by atoms with Crippen molar-refractivity contribution in [3.05, 3.63) is 88.5 Å². The number of carbonyl (C=O) groups is 1. The van der Waals surface area contributed by atoms with E-state index in [0.29, 0.717) is 11.5 Å². The number of benzene rings is 2. The molecular formula is C26H31N5O2. The van der Waals surface area contributed by atoms with E-state index in [0.717, 1.165) is 23.4 Å². The summed E-state index contributed by atoms with van der Waals surface area (Å²) < 4.78 is 1.65. The maximum atomic E-state index is 12.7. The highest BCUT2D eigenvalue weighted by molar-refractivity contribution is 5.98. The van der Waals surface area contributed by atoms with Crippen LogP contribution in [0.1, 0.15) is 42.5 Å². The molecule has 0 aliphatic carbocycles. The number of likely N-dealkylation sites (tertiary alicyclic amines) is 1. The first-order valence-corrected chi connectivity index (χ1v) is 11.4. The topological polar surface area (TPSA) is 82.2 Å². The Labute approximate surface area is 194 Å². The third-order valence-electron chi connectivity index (χ3n) is 6.15. The maximum absolute atomic E-state index is 12.7. The van der Waals surface area contributed by atoms with Crippen LogP contribution in [-0.2, 0) is 11.3 Å². The normalized spacial score (nSPS) is 14.7. The van der Waals surface area contributed by atoms with Crippen molar-refractivity contribution in [1.82, 2.24) is 14.5 Å². The van der Waals surface area contributed by atoms with Gasteiger partial charge in [0.2, 0.25) is 5.91 Å². The molecule has 4 rings (SSSR count). The molecule has 7 nitrogen and oxygen atoms in total. The first-order valence-electron chi connectivity index (χ1n) is 11.4. The molecule has 33 heavy (non-hydrogen) atoms. The Kier molecular flexibility index (Phi) is 6.79. The number of aromatic amines is 1. The third-order valence-corrected chi connectivity index (χ3v) is 6.15. The first kappa shape index (κ1) is 22.6. The minimum atomic E-state index is -0.271. The van der Waals surface area contributed by atoms with Gasteiger partial charge >= 0.3 is 5.69 Å². The molecule has 3 aromatic rings. The van der Waals surface area contributed by atoms with Crippen LogP contribution in [0.2, 0.25) is 0 Å². The van der Waals surface area contributed by atoms with Gasteiger partial charge in [0.05, 0.1) is 12.2 Å². The van der Waals surface area contributed by atoms with Crippen molar-refractivity contribution in [1.29, 1.82) is 0 Å². The summed E-state index contributed by atoms with van der Waals surface area (Å²) in [6, 6.07) is 13.7. The van der Waals surface area contributed by atoms with E-state index in [-0.39, 0.29) is 17.6 Å². The van der Waals surface area contributed by atoms with Gasteiger partial charge in [0.1, 0.15) is 5.82 Å². The molecule has 7 heteroatoms. The van der Waals surface area contributed by atoms with Crippen LogP contribution in [0.4, 0.5) is 17.2 Å². The second kappa shape index (κ2) is 9.92. The van der Waals surface area contributed by atoms with Crippen molar-refractivity contribution in [3.63, 3.8) is 0 Å². The molecular weight excluding hydrogens is 414 g/mol. The van der Waals surface area contributed by atoms with Crippen molar-refractivity contribution in [2.75, 3.05) is 23.7 Å². The predicted molar refractivity (Wildman–Crippen MR) is 133 cm³/mol. The van der Waals surface area contributed by atoms with Gasteiger partial charge in [-0.25, -0.2) is 4.79 Å². The Morgan fingerprint density at radius 2 is 2.00 bits per heavy atom. The molecule has 0 spiro atoms. The van der Waals surface area contributed by atoms with Gasteiger partial charge in [0.15, 0.2) is 0 Å². The monoisotopic (exact) mass is 445 g/mol. The molecule has 1 aliphatic rings. The minimum absolute atomic E-state index is 0.200. The Morgan fingerprint density at radius 3 is 2.73 bits per heavy atom. The van der Waals surface area contributed by atoms with Crippen molar-refractivity contribution < 1.29 is 4.79 Å². The van der Waals surface area contributed by atoms with E-state index in [1.54, 1.807) is 16.8 Å². The highest BCUT2D eigenvalue weighted by Crippen LogP contribution is 2.24. The van der Waals surface area contributed by atoms with E-state index in [1.165, 1.54) is 37.6 Å². The van der Waals surface area contributed by atoms with Gasteiger partial charge in [0, 0.05) is 17.9 Å². The standard InChI is InChI=1S/C26H31N5O2/c1-4-25(32)27-22-9-7-8-21(15-22)19(3)31-17-24(29-26(31)33)28-23-11-10-20(14-18(23)2)16-30-12-5-6-13-30/h4,7-11,14-15,17,19,28H,1,5-6,12-13,16H2,2-3H3,(H,27,32)(H,29,33)/t19-/m1/s1. The molecule has 1 amide bonds. The van der Waals surface area contributed by atoms with Gasteiger partial charge in [-0.2, -0.15) is 0 Å². The molecule has 0 bridgehead atoms. The minimum Gasteiger partial charge on any atom is -0.340 e. The molecule has 0 saturated carbocycles. The van der Waals surface area contributed by atoms with Gasteiger partial charge in [0.25, 0.3) is 0 Å². The van der Waals surface area contributed by atoms with Gasteiger partial charge in [-0.3, -0.25) is 19.2 Å². The highest BCUT2D eigenvalue weighted by atomic mass is 16.2. The zero-order chi connectivity index (χ0) is 23.4. The molecule has 0 unspecified atom stereocenters. The number of carbonyl (C=O) groups excluding carboxylic acids is 1. The molecule has 1 atom stereocenters. The van der Waals surface area contributed by atoms with E-state index >= 15 is 0 Å². The van der Waals surface area contributed by atoms with Crippen LogP contribution in [-0.4, -0.2) is 33.4 Å². The van der Waals surface area contributed by atoms with Crippen molar-refractivity contribution >= 4 is 23.1 Å². The molecule has 1 aromatic heterocycles. The molecule has 172 valence electrons. The lowest BCUT2D eigenvalue weighted by atomic mass is 10.1. The van der Waals surface area contributed by atoms with Gasteiger partial charge < -0.3 is 10.6 Å². The third kappa shape index (κ3) is 5.43. The molecule has 0 radical (unpaired) electrons. The number of hydrogen-bond acceptors (Lipinski definition) is 4. The largest absolute Gasteiger partial charge is 0.340 e. The molecule has 2 heterocycles. The number of aryl methyl sites for hydroxylation is 1. The second-order valence-electron chi connectivity index (χ2n) is 8.63. The molecule has 1 fully saturated rings. The van der Waals surface area contributed by atoms with Crippen LogP contribution in [0.15, 0.2) is 66.1 Å². The van der Waals surface area contributed by atoms with Gasteiger partial charge in [-0.15, -0.1) is 0 Å². The maximum Gasteiger partial charge on any atom is 0.327 e. The lowest BCUT2D eigenvalue weighted by Gasteiger charge is -2.16. The summed E-state index contributed by atoms with van der Waals surface area (Å²) in [5, 5.41) is 6.10. The van der Waals surface area contributed by atoms with E-state index in [1.807, 2.05) is 25.1 Å². The van der Waals surface area contributed by atoms with Crippen molar-refractivity contribution in [2.45, 2.75) is 39.3 Å². The van der Waals surface area contributed by atoms with Crippen LogP contribution in [0.5, 0.6) is 0 Å². The zero-order valence-electron chi connectivity index (χ0n) is 19.2. The Balaban J connectivity index is 1.48. The molecule has 2 aromatic carbocycles. The summed E-state index contributed by atoms with van der Waals surface area (Å²) in [7, 11) is 0. The number of anilines is 3. The summed E-state index contributed by atoms with van der Waals surface area (Å²) in [6.45, 7) is 10.8. The van der Waals surface area contributed by atoms with E-state index in [4.69, 9.17) is 0 Å². The number of H-pyrrole nitrogens is 1. The van der Waals surface area contributed by atoms with Crippen LogP contribution in [0.25, 0.3) is 0 Å². The fourth-order valence-corrected chi connectivity index (χ4v) is 4.30. The summed E-state index contributed by atoms with van der Waals surface area (Å²) in [6.07, 6.45) is 5.59. The number of hydrogen-bond donors (Lipinski definition) is 3. The van der Waals surface area contributed by atoms with Crippen molar-refractivity contribution in [2.24, 2.45) is 0 Å². The smallest absolute Gasteiger partial charge is 0.327 e. The highest BCUT2D eigenvalue weighted by Gasteiger charge is 2.15. The predicted octanol–water partition coefficient (Wildman–Crippen LogP) is 4.56. The SMILES string of the molecule is C=CC(=O)Nc1cccc([C@@H](C)n2cc(Nc3ccc(CN4CCCC4)cc3C)[nH]c2=O)c1. The average molecular weight is 446 g/mol. The van der Waals surface area contributed by atoms with E-state index in [2.05, 4.69) is 52.2 Å². The number of aromatic nitrogens is 2. The Hall–Kier alpha value is -3.58. The number of nitrogens with zero attached hydrogens (tertiary/aromatic N) is 2. The van der Waals surface area contributed by atoms with Gasteiger partial charge in [-0.1, -0.05) is 30.8 Å². The molecule has 1 saturated heterocycles. The lowest BCUT2D eigenvalue weighted by Crippen LogP contribution is -2.20. The van der Waals surface area contributed by atoms with Crippen LogP contribution < -0.4 is 16.3 Å². The number of amides is 1. The zero-order valence-corrected chi connectivity index (χ0v) is 19.2. The average Bonchev–Trinajstić information content (AvgIpc) is 3.44. The Bertz CT molecular complexity index is 1200. The number of nitrogens with one attached hydrogen (secondary N) is 3. The van der Waals surface area contributed by atoms with Crippen LogP contribution >= 0.6 is 0 Å². The van der Waals surface area contributed by atoms with Crippen molar-refractivity contribution in [3.8, 4) is 0 Å². The van der Waals surface area contributed by atoms with E-state index in [9.17, 15) is 9.59 Å². The summed E-state index contributed by atoms with van der Waals surface area (Å²) >= 11 is 0. The van der Waals surface area contributed by atoms with Crippen LogP contribution in [0, 0.1) is 6.92 Å². The quantitative estimate of drug-likeness (QED) is 0.444. The first-order chi connectivity index (χ1) is 15.9. The second-order valence-corrected chi connectivity index (χ2v) is 8.63. The molecule has 1 aliphatic heterocycles.